The van der Waals surface area contributed by atoms with Gasteiger partial charge in [-0.3, -0.25) is 9.48 Å². The molecule has 0 radical (unpaired) electrons. The van der Waals surface area contributed by atoms with E-state index < -0.39 is 0 Å². The van der Waals surface area contributed by atoms with Crippen molar-refractivity contribution in [2.75, 3.05) is 13.7 Å². The number of hydrogen-bond donors (Lipinski definition) is 0. The number of benzene rings is 3. The first-order chi connectivity index (χ1) is 18.1. The number of carbonyl (C=O) groups excluding carboxylic acids is 1. The lowest BCUT2D eigenvalue weighted by Gasteiger charge is -2.26. The van der Waals surface area contributed by atoms with Gasteiger partial charge in [0.25, 0.3) is 0 Å². The van der Waals surface area contributed by atoms with Gasteiger partial charge in [-0.25, -0.2) is 4.85 Å². The van der Waals surface area contributed by atoms with E-state index in [1.807, 2.05) is 36.4 Å². The quantitative estimate of drug-likeness (QED) is 0.192. The highest BCUT2D eigenvalue weighted by Crippen LogP contribution is 2.41. The second-order valence-electron chi connectivity index (χ2n) is 9.06. The third kappa shape index (κ3) is 4.88. The van der Waals surface area contributed by atoms with Gasteiger partial charge >= 0.3 is 5.97 Å². The lowest BCUT2D eigenvalue weighted by molar-refractivity contribution is -0.142. The molecule has 0 spiro atoms. The van der Waals surface area contributed by atoms with E-state index in [0.29, 0.717) is 29.8 Å². The fraction of sp³-hybridized carbons (Fsp3) is 0.300. The van der Waals surface area contributed by atoms with Gasteiger partial charge in [-0.05, 0) is 49.9 Å². The van der Waals surface area contributed by atoms with Crippen LogP contribution in [-0.4, -0.2) is 29.5 Å². The van der Waals surface area contributed by atoms with E-state index in [-0.39, 0.29) is 19.0 Å². The SMILES string of the molecule is [C-]#[N+]c1cccc(-c2ccc3c(c2)c(COc2ccccc2CC(=O)OCC)nn3C2CCC2)c1OC. The molecule has 1 fully saturated rings. The molecule has 37 heavy (non-hydrogen) atoms. The average Bonchev–Trinajstić information content (AvgIpc) is 3.23. The normalized spacial score (nSPS) is 13.1. The van der Waals surface area contributed by atoms with Crippen LogP contribution in [0, 0.1) is 6.57 Å². The highest BCUT2D eigenvalue weighted by atomic mass is 16.5. The van der Waals surface area contributed by atoms with E-state index in [2.05, 4.69) is 27.7 Å². The highest BCUT2D eigenvalue weighted by molar-refractivity contribution is 5.89. The summed E-state index contributed by atoms with van der Waals surface area (Å²) >= 11 is 0. The summed E-state index contributed by atoms with van der Waals surface area (Å²) in [5.74, 6) is 0.928. The Kier molecular flexibility index (Phi) is 7.09. The molecule has 0 bridgehead atoms. The van der Waals surface area contributed by atoms with Gasteiger partial charge in [-0.15, -0.1) is 0 Å². The van der Waals surface area contributed by atoms with Crippen molar-refractivity contribution >= 4 is 22.6 Å². The van der Waals surface area contributed by atoms with Crippen molar-refractivity contribution in [2.45, 2.75) is 45.3 Å². The van der Waals surface area contributed by atoms with E-state index in [1.165, 1.54) is 6.42 Å². The van der Waals surface area contributed by atoms with Crippen molar-refractivity contribution in [1.29, 1.82) is 0 Å². The number of methoxy groups -OCH3 is 1. The first-order valence-electron chi connectivity index (χ1n) is 12.5. The Balaban J connectivity index is 1.51. The standard InChI is InChI=1S/C30H29N3O4/c1-4-36-29(34)18-21-9-5-6-14-28(21)37-19-26-24-17-20(23-12-8-13-25(31-2)30(23)35-3)15-16-27(24)33(32-26)22-10-7-11-22/h5-6,8-9,12-17,22H,4,7,10-11,18-19H2,1,3H3. The molecule has 1 aromatic heterocycles. The van der Waals surface area contributed by atoms with E-state index in [1.54, 1.807) is 20.1 Å². The minimum atomic E-state index is -0.279. The number of carbonyl (C=O) groups is 1. The molecular weight excluding hydrogens is 466 g/mol. The predicted molar refractivity (Wildman–Crippen MR) is 142 cm³/mol. The minimum absolute atomic E-state index is 0.155. The van der Waals surface area contributed by atoms with Crippen LogP contribution in [0.15, 0.2) is 60.7 Å². The van der Waals surface area contributed by atoms with Gasteiger partial charge in [0, 0.05) is 16.5 Å². The number of esters is 1. The molecule has 1 aliphatic rings. The maximum Gasteiger partial charge on any atom is 0.310 e. The van der Waals surface area contributed by atoms with Gasteiger partial charge in [0.05, 0.1) is 38.3 Å². The van der Waals surface area contributed by atoms with Crippen LogP contribution in [0.4, 0.5) is 5.69 Å². The average molecular weight is 496 g/mol. The Morgan fingerprint density at radius 1 is 1.14 bits per heavy atom. The van der Waals surface area contributed by atoms with Crippen LogP contribution in [0.2, 0.25) is 0 Å². The molecular formula is C30H29N3O4. The summed E-state index contributed by atoms with van der Waals surface area (Å²) < 4.78 is 19.1. The molecule has 0 amide bonds. The molecule has 3 aromatic carbocycles. The molecule has 4 aromatic rings. The zero-order valence-electron chi connectivity index (χ0n) is 21.1. The van der Waals surface area contributed by atoms with E-state index in [9.17, 15) is 4.79 Å². The number of nitrogens with zero attached hydrogens (tertiary/aromatic N) is 3. The van der Waals surface area contributed by atoms with Gasteiger partial charge in [0.2, 0.25) is 5.69 Å². The van der Waals surface area contributed by atoms with Crippen LogP contribution in [0.25, 0.3) is 26.9 Å². The molecule has 0 unspecified atom stereocenters. The number of aromatic nitrogens is 2. The summed E-state index contributed by atoms with van der Waals surface area (Å²) in [5.41, 5.74) is 4.96. The van der Waals surface area contributed by atoms with Crippen LogP contribution in [-0.2, 0) is 22.6 Å². The van der Waals surface area contributed by atoms with E-state index >= 15 is 0 Å². The lowest BCUT2D eigenvalue weighted by atomic mass is 9.93. The number of rotatable bonds is 9. The smallest absolute Gasteiger partial charge is 0.310 e. The molecule has 0 aliphatic heterocycles. The molecule has 0 N–H and O–H groups in total. The zero-order valence-corrected chi connectivity index (χ0v) is 21.1. The third-order valence-corrected chi connectivity index (χ3v) is 6.81. The summed E-state index contributed by atoms with van der Waals surface area (Å²) in [4.78, 5) is 15.7. The molecule has 7 heteroatoms. The molecule has 1 saturated carbocycles. The Morgan fingerprint density at radius 2 is 1.97 bits per heavy atom. The Morgan fingerprint density at radius 3 is 2.70 bits per heavy atom. The first kappa shape index (κ1) is 24.4. The fourth-order valence-electron chi connectivity index (χ4n) is 4.75. The monoisotopic (exact) mass is 495 g/mol. The van der Waals surface area contributed by atoms with Crippen LogP contribution in [0.1, 0.15) is 43.5 Å². The Labute approximate surface area is 216 Å². The van der Waals surface area contributed by atoms with Crippen molar-refractivity contribution in [3.63, 3.8) is 0 Å². The summed E-state index contributed by atoms with van der Waals surface area (Å²) in [7, 11) is 1.59. The van der Waals surface area contributed by atoms with Gasteiger partial charge < -0.3 is 14.2 Å². The highest BCUT2D eigenvalue weighted by Gasteiger charge is 2.24. The van der Waals surface area contributed by atoms with Gasteiger partial charge in [-0.2, -0.15) is 5.10 Å². The van der Waals surface area contributed by atoms with E-state index in [0.717, 1.165) is 46.1 Å². The molecule has 7 nitrogen and oxygen atoms in total. The van der Waals surface area contributed by atoms with Crippen molar-refractivity contribution in [3.8, 4) is 22.6 Å². The van der Waals surface area contributed by atoms with Crippen molar-refractivity contribution in [3.05, 3.63) is 83.3 Å². The summed E-state index contributed by atoms with van der Waals surface area (Å²) in [5, 5.41) is 5.98. The topological polar surface area (TPSA) is 66.9 Å². The van der Waals surface area contributed by atoms with Crippen molar-refractivity contribution < 1.29 is 19.0 Å². The molecule has 5 rings (SSSR count). The maximum atomic E-state index is 12.1. The Bertz CT molecular complexity index is 1480. The molecule has 0 atom stereocenters. The van der Waals surface area contributed by atoms with Gasteiger partial charge in [0.15, 0.2) is 0 Å². The Hall–Kier alpha value is -4.31. The van der Waals surface area contributed by atoms with Crippen LogP contribution in [0.5, 0.6) is 11.5 Å². The third-order valence-electron chi connectivity index (χ3n) is 6.81. The summed E-state index contributed by atoms with van der Waals surface area (Å²) in [6.45, 7) is 9.90. The first-order valence-corrected chi connectivity index (χ1v) is 12.5. The predicted octanol–water partition coefficient (Wildman–Crippen LogP) is 6.67. The van der Waals surface area contributed by atoms with E-state index in [4.69, 9.17) is 25.9 Å². The van der Waals surface area contributed by atoms with Crippen molar-refractivity contribution in [2.24, 2.45) is 0 Å². The van der Waals surface area contributed by atoms with Crippen LogP contribution in [0.3, 0.4) is 0 Å². The summed E-state index contributed by atoms with van der Waals surface area (Å²) in [6.07, 6.45) is 3.59. The fourth-order valence-corrected chi connectivity index (χ4v) is 4.75. The van der Waals surface area contributed by atoms with Crippen LogP contribution < -0.4 is 9.47 Å². The number of para-hydroxylation sites is 2. The number of hydrogen-bond acceptors (Lipinski definition) is 5. The minimum Gasteiger partial charge on any atom is -0.507 e. The second kappa shape index (κ2) is 10.8. The molecule has 0 saturated heterocycles. The summed E-state index contributed by atoms with van der Waals surface area (Å²) in [6, 6.07) is 19.8. The van der Waals surface area contributed by atoms with Crippen LogP contribution >= 0.6 is 0 Å². The second-order valence-corrected chi connectivity index (χ2v) is 9.06. The van der Waals surface area contributed by atoms with Gasteiger partial charge in [0.1, 0.15) is 23.8 Å². The molecule has 1 heterocycles. The lowest BCUT2D eigenvalue weighted by Crippen LogP contribution is -2.18. The molecule has 188 valence electrons. The van der Waals surface area contributed by atoms with Crippen molar-refractivity contribution in [1.82, 2.24) is 9.78 Å². The van der Waals surface area contributed by atoms with Gasteiger partial charge in [-0.1, -0.05) is 42.5 Å². The number of ether oxygens (including phenoxy) is 3. The number of fused-ring (bicyclic) bond motifs is 1. The maximum absolute atomic E-state index is 12.1. The zero-order chi connectivity index (χ0) is 25.8. The molecule has 1 aliphatic carbocycles. The largest absolute Gasteiger partial charge is 0.507 e.